The van der Waals surface area contributed by atoms with E-state index >= 15 is 0 Å². The van der Waals surface area contributed by atoms with Crippen LogP contribution >= 0.6 is 11.6 Å². The number of aliphatic hydroxyl groups excluding tert-OH is 1. The highest BCUT2D eigenvalue weighted by Gasteiger charge is 2.22. The number of halogens is 1. The Balaban J connectivity index is 2.01. The second kappa shape index (κ2) is 8.48. The molecule has 0 aliphatic rings. The SMILES string of the molecule is NC(O)C(C/C=C/c1ccccc1Cl)C(=O)Nc1ccccc1. The molecule has 0 spiro atoms. The number of allylic oxidation sites excluding steroid dienone is 1. The molecule has 1 amide bonds. The molecule has 0 aromatic heterocycles. The first kappa shape index (κ1) is 17.2. The number of amides is 1. The van der Waals surface area contributed by atoms with Crippen molar-refractivity contribution in [3.8, 4) is 0 Å². The minimum Gasteiger partial charge on any atom is -0.378 e. The first-order chi connectivity index (χ1) is 11.1. The minimum absolute atomic E-state index is 0.307. The molecule has 120 valence electrons. The average molecular weight is 331 g/mol. The number of benzene rings is 2. The van der Waals surface area contributed by atoms with Crippen molar-refractivity contribution in [3.63, 3.8) is 0 Å². The van der Waals surface area contributed by atoms with Crippen molar-refractivity contribution in [2.45, 2.75) is 12.6 Å². The van der Waals surface area contributed by atoms with Crippen molar-refractivity contribution >= 4 is 29.3 Å². The number of para-hydroxylation sites is 1. The minimum atomic E-state index is -1.24. The third kappa shape index (κ3) is 5.21. The normalized spacial score (nSPS) is 13.7. The predicted molar refractivity (Wildman–Crippen MR) is 93.9 cm³/mol. The number of rotatable bonds is 6. The quantitative estimate of drug-likeness (QED) is 0.711. The third-order valence-corrected chi connectivity index (χ3v) is 3.73. The van der Waals surface area contributed by atoms with Crippen molar-refractivity contribution in [1.29, 1.82) is 0 Å². The van der Waals surface area contributed by atoms with Gasteiger partial charge in [-0.2, -0.15) is 0 Å². The summed E-state index contributed by atoms with van der Waals surface area (Å²) in [4.78, 5) is 12.3. The van der Waals surface area contributed by atoms with Crippen LogP contribution in [-0.2, 0) is 4.79 Å². The summed E-state index contributed by atoms with van der Waals surface area (Å²) in [7, 11) is 0. The van der Waals surface area contributed by atoms with Crippen molar-refractivity contribution in [2.24, 2.45) is 11.7 Å². The van der Waals surface area contributed by atoms with Gasteiger partial charge in [0.1, 0.15) is 6.23 Å². The number of anilines is 1. The molecule has 0 bridgehead atoms. The van der Waals surface area contributed by atoms with Gasteiger partial charge in [-0.05, 0) is 30.2 Å². The molecule has 0 aliphatic heterocycles. The van der Waals surface area contributed by atoms with Crippen molar-refractivity contribution in [1.82, 2.24) is 0 Å². The Labute approximate surface area is 140 Å². The van der Waals surface area contributed by atoms with Crippen LogP contribution in [0, 0.1) is 5.92 Å². The fourth-order valence-corrected chi connectivity index (χ4v) is 2.31. The van der Waals surface area contributed by atoms with Gasteiger partial charge in [0.2, 0.25) is 5.91 Å². The Morgan fingerprint density at radius 3 is 2.48 bits per heavy atom. The molecule has 4 nitrogen and oxygen atoms in total. The molecule has 2 rings (SSSR count). The van der Waals surface area contributed by atoms with Crippen molar-refractivity contribution in [2.75, 3.05) is 5.32 Å². The molecule has 2 aromatic carbocycles. The van der Waals surface area contributed by atoms with Crippen LogP contribution in [-0.4, -0.2) is 17.2 Å². The average Bonchev–Trinajstić information content (AvgIpc) is 2.53. The number of carbonyl (C=O) groups excluding carboxylic acids is 1. The third-order valence-electron chi connectivity index (χ3n) is 3.38. The summed E-state index contributed by atoms with van der Waals surface area (Å²) < 4.78 is 0. The fourth-order valence-electron chi connectivity index (χ4n) is 2.11. The van der Waals surface area contributed by atoms with E-state index in [0.717, 1.165) is 5.56 Å². The van der Waals surface area contributed by atoms with Crippen LogP contribution in [0.5, 0.6) is 0 Å². The fraction of sp³-hybridized carbons (Fsp3) is 0.167. The van der Waals surface area contributed by atoms with Crippen LogP contribution in [0.1, 0.15) is 12.0 Å². The Bertz CT molecular complexity index is 672. The van der Waals surface area contributed by atoms with Gasteiger partial charge in [0, 0.05) is 10.7 Å². The van der Waals surface area contributed by atoms with Gasteiger partial charge in [-0.3, -0.25) is 4.79 Å². The lowest BCUT2D eigenvalue weighted by molar-refractivity contribution is -0.123. The van der Waals surface area contributed by atoms with Gasteiger partial charge in [0.25, 0.3) is 0 Å². The summed E-state index contributed by atoms with van der Waals surface area (Å²) in [5.41, 5.74) is 7.05. The summed E-state index contributed by atoms with van der Waals surface area (Å²) in [6.07, 6.45) is 2.66. The summed E-state index contributed by atoms with van der Waals surface area (Å²) >= 11 is 6.07. The zero-order valence-corrected chi connectivity index (χ0v) is 13.3. The molecular formula is C18H19ClN2O2. The number of carbonyl (C=O) groups is 1. The van der Waals surface area contributed by atoms with Gasteiger partial charge in [-0.1, -0.05) is 60.2 Å². The smallest absolute Gasteiger partial charge is 0.231 e. The van der Waals surface area contributed by atoms with E-state index in [-0.39, 0.29) is 5.91 Å². The first-order valence-corrected chi connectivity index (χ1v) is 7.66. The van der Waals surface area contributed by atoms with Crippen LogP contribution in [0.2, 0.25) is 5.02 Å². The summed E-state index contributed by atoms with van der Waals surface area (Å²) in [6, 6.07) is 16.4. The number of hydrogen-bond donors (Lipinski definition) is 3. The largest absolute Gasteiger partial charge is 0.378 e. The zero-order chi connectivity index (χ0) is 16.7. The van der Waals surface area contributed by atoms with Gasteiger partial charge in [0.15, 0.2) is 0 Å². The molecule has 0 fully saturated rings. The Hall–Kier alpha value is -2.14. The van der Waals surface area contributed by atoms with E-state index < -0.39 is 12.1 Å². The van der Waals surface area contributed by atoms with E-state index in [2.05, 4.69) is 5.32 Å². The molecule has 0 radical (unpaired) electrons. The van der Waals surface area contributed by atoms with Gasteiger partial charge in [0.05, 0.1) is 5.92 Å². The maximum Gasteiger partial charge on any atom is 0.231 e. The summed E-state index contributed by atoms with van der Waals surface area (Å²) in [6.45, 7) is 0. The Kier molecular flexibility index (Phi) is 6.35. The Morgan fingerprint density at radius 1 is 1.17 bits per heavy atom. The number of nitrogens with one attached hydrogen (secondary N) is 1. The van der Waals surface area contributed by atoms with Crippen molar-refractivity contribution in [3.05, 3.63) is 71.3 Å². The van der Waals surface area contributed by atoms with E-state index in [1.165, 1.54) is 0 Å². The standard InChI is InChI=1S/C18H19ClN2O2/c19-16-12-5-4-7-13(16)8-6-11-15(17(20)22)18(23)21-14-9-2-1-3-10-14/h1-10,12,15,17,22H,11,20H2,(H,21,23)/b8-6+. The molecule has 4 N–H and O–H groups in total. The van der Waals surface area contributed by atoms with Gasteiger partial charge in [-0.25, -0.2) is 0 Å². The van der Waals surface area contributed by atoms with Crippen molar-refractivity contribution < 1.29 is 9.90 Å². The van der Waals surface area contributed by atoms with Gasteiger partial charge < -0.3 is 16.2 Å². The van der Waals surface area contributed by atoms with E-state index in [0.29, 0.717) is 17.1 Å². The maximum atomic E-state index is 12.3. The first-order valence-electron chi connectivity index (χ1n) is 7.28. The van der Waals surface area contributed by atoms with Crippen LogP contribution in [0.3, 0.4) is 0 Å². The molecule has 0 saturated heterocycles. The highest BCUT2D eigenvalue weighted by Crippen LogP contribution is 2.18. The highest BCUT2D eigenvalue weighted by molar-refractivity contribution is 6.32. The van der Waals surface area contributed by atoms with Crippen LogP contribution < -0.4 is 11.1 Å². The number of hydrogen-bond acceptors (Lipinski definition) is 3. The van der Waals surface area contributed by atoms with Crippen LogP contribution in [0.4, 0.5) is 5.69 Å². The number of aliphatic hydroxyl groups is 1. The van der Waals surface area contributed by atoms with Crippen LogP contribution in [0.15, 0.2) is 60.7 Å². The second-order valence-corrected chi connectivity index (χ2v) is 5.52. The predicted octanol–water partition coefficient (Wildman–Crippen LogP) is 3.28. The lowest BCUT2D eigenvalue weighted by Gasteiger charge is -2.17. The van der Waals surface area contributed by atoms with E-state index in [9.17, 15) is 9.90 Å². The molecule has 23 heavy (non-hydrogen) atoms. The second-order valence-electron chi connectivity index (χ2n) is 5.11. The maximum absolute atomic E-state index is 12.3. The lowest BCUT2D eigenvalue weighted by Crippen LogP contribution is -2.38. The highest BCUT2D eigenvalue weighted by atomic mass is 35.5. The molecule has 0 saturated carbocycles. The lowest BCUT2D eigenvalue weighted by atomic mass is 10.0. The summed E-state index contributed by atoms with van der Waals surface area (Å²) in [5.74, 6) is -1.07. The van der Waals surface area contributed by atoms with Crippen LogP contribution in [0.25, 0.3) is 6.08 Å². The van der Waals surface area contributed by atoms with Gasteiger partial charge >= 0.3 is 0 Å². The summed E-state index contributed by atoms with van der Waals surface area (Å²) in [5, 5.41) is 13.0. The molecule has 2 aromatic rings. The molecule has 2 unspecified atom stereocenters. The molecule has 5 heteroatoms. The molecule has 0 aliphatic carbocycles. The molecular weight excluding hydrogens is 312 g/mol. The number of nitrogens with two attached hydrogens (primary N) is 1. The zero-order valence-electron chi connectivity index (χ0n) is 12.5. The van der Waals surface area contributed by atoms with E-state index in [1.807, 2.05) is 42.5 Å². The Morgan fingerprint density at radius 2 is 1.83 bits per heavy atom. The van der Waals surface area contributed by atoms with E-state index in [1.54, 1.807) is 24.3 Å². The monoisotopic (exact) mass is 330 g/mol. The topological polar surface area (TPSA) is 75.3 Å². The van der Waals surface area contributed by atoms with Gasteiger partial charge in [-0.15, -0.1) is 0 Å². The van der Waals surface area contributed by atoms with E-state index in [4.69, 9.17) is 17.3 Å². The molecule has 0 heterocycles. The molecule has 2 atom stereocenters.